The van der Waals surface area contributed by atoms with Crippen LogP contribution in [0.15, 0.2) is 30.3 Å². The number of hydrogen-bond acceptors (Lipinski definition) is 5. The molecule has 2 heterocycles. The van der Waals surface area contributed by atoms with Gasteiger partial charge in [-0.2, -0.15) is 0 Å². The van der Waals surface area contributed by atoms with Crippen molar-refractivity contribution in [2.45, 2.75) is 32.2 Å². The molecule has 6 heteroatoms. The average molecular weight is 388 g/mol. The van der Waals surface area contributed by atoms with Gasteiger partial charge in [0.15, 0.2) is 5.78 Å². The van der Waals surface area contributed by atoms with Gasteiger partial charge >= 0.3 is 0 Å². The summed E-state index contributed by atoms with van der Waals surface area (Å²) in [4.78, 5) is 29.5. The molecule has 0 bridgehead atoms. The number of nitrogens with zero attached hydrogens (tertiary/aromatic N) is 2. The first-order valence-corrected chi connectivity index (χ1v) is 10.4. The fourth-order valence-electron chi connectivity index (χ4n) is 4.05. The number of benzene rings is 1. The fourth-order valence-corrected chi connectivity index (χ4v) is 4.05. The number of ether oxygens (including phenoxy) is 1. The Balaban J connectivity index is 1.39. The van der Waals surface area contributed by atoms with E-state index < -0.39 is 0 Å². The van der Waals surface area contributed by atoms with Gasteiger partial charge in [0.25, 0.3) is 0 Å². The summed E-state index contributed by atoms with van der Waals surface area (Å²) in [5.41, 5.74) is 0.721. The molecule has 0 saturated carbocycles. The van der Waals surface area contributed by atoms with Crippen molar-refractivity contribution in [1.82, 2.24) is 15.1 Å². The van der Waals surface area contributed by atoms with Crippen LogP contribution >= 0.6 is 0 Å². The van der Waals surface area contributed by atoms with Crippen molar-refractivity contribution in [2.75, 3.05) is 52.5 Å². The molecule has 1 aromatic rings. The number of piperidine rings is 1. The summed E-state index contributed by atoms with van der Waals surface area (Å²) in [6.45, 7) is 10.3. The molecule has 2 aliphatic rings. The molecule has 0 atom stereocenters. The van der Waals surface area contributed by atoms with E-state index in [2.05, 4.69) is 29.0 Å². The highest BCUT2D eigenvalue weighted by Crippen LogP contribution is 2.21. The molecule has 2 saturated heterocycles. The van der Waals surface area contributed by atoms with Gasteiger partial charge in [0, 0.05) is 36.7 Å². The molecule has 1 aromatic carbocycles. The summed E-state index contributed by atoms with van der Waals surface area (Å²) < 4.78 is 5.41. The topological polar surface area (TPSA) is 61.9 Å². The summed E-state index contributed by atoms with van der Waals surface area (Å²) in [6.07, 6.45) is 1.64. The summed E-state index contributed by atoms with van der Waals surface area (Å²) in [5, 5.41) is 3.10. The van der Waals surface area contributed by atoms with E-state index in [0.29, 0.717) is 13.1 Å². The molecule has 6 nitrogen and oxygen atoms in total. The Kier molecular flexibility index (Phi) is 7.21. The Bertz CT molecular complexity index is 648. The normalized spacial score (nSPS) is 20.1. The smallest absolute Gasteiger partial charge is 0.234 e. The molecular weight excluding hydrogens is 354 g/mol. The van der Waals surface area contributed by atoms with E-state index in [1.807, 2.05) is 30.3 Å². The number of morpholine rings is 1. The Labute approximate surface area is 168 Å². The molecule has 2 aliphatic heterocycles. The molecule has 0 spiro atoms. The van der Waals surface area contributed by atoms with Gasteiger partial charge < -0.3 is 10.1 Å². The van der Waals surface area contributed by atoms with E-state index >= 15 is 0 Å². The fraction of sp³-hybridized carbons (Fsp3) is 0.636. The van der Waals surface area contributed by atoms with Crippen LogP contribution in [0.2, 0.25) is 0 Å². The highest BCUT2D eigenvalue weighted by molar-refractivity contribution is 5.97. The Morgan fingerprint density at radius 2 is 1.71 bits per heavy atom. The van der Waals surface area contributed by atoms with Crippen LogP contribution in [0.4, 0.5) is 0 Å². The standard InChI is InChI=1S/C22H33N3O3/c1-22(2,25-12-14-28-15-13-25)17-23-20(26)16-24-10-8-19(9-11-24)21(27)18-6-4-3-5-7-18/h3-7,19H,8-17H2,1-2H3,(H,23,26). The van der Waals surface area contributed by atoms with Gasteiger partial charge in [-0.05, 0) is 39.8 Å². The second kappa shape index (κ2) is 9.63. The van der Waals surface area contributed by atoms with Crippen LogP contribution in [0.3, 0.4) is 0 Å². The third-order valence-electron chi connectivity index (χ3n) is 5.97. The van der Waals surface area contributed by atoms with Crippen molar-refractivity contribution in [2.24, 2.45) is 5.92 Å². The summed E-state index contributed by atoms with van der Waals surface area (Å²) in [7, 11) is 0. The van der Waals surface area contributed by atoms with Crippen molar-refractivity contribution >= 4 is 11.7 Å². The largest absolute Gasteiger partial charge is 0.379 e. The Morgan fingerprint density at radius 3 is 2.36 bits per heavy atom. The number of carbonyl (C=O) groups excluding carboxylic acids is 2. The van der Waals surface area contributed by atoms with Crippen molar-refractivity contribution < 1.29 is 14.3 Å². The first kappa shape index (κ1) is 21.0. The lowest BCUT2D eigenvalue weighted by molar-refractivity contribution is -0.123. The van der Waals surface area contributed by atoms with E-state index in [4.69, 9.17) is 4.74 Å². The van der Waals surface area contributed by atoms with Gasteiger partial charge in [0.2, 0.25) is 5.91 Å². The number of rotatable bonds is 7. The van der Waals surface area contributed by atoms with Crippen LogP contribution in [0.5, 0.6) is 0 Å². The zero-order valence-electron chi connectivity index (χ0n) is 17.2. The highest BCUT2D eigenvalue weighted by atomic mass is 16.5. The summed E-state index contributed by atoms with van der Waals surface area (Å²) >= 11 is 0. The predicted octanol–water partition coefficient (Wildman–Crippen LogP) is 1.81. The second-order valence-corrected chi connectivity index (χ2v) is 8.47. The van der Waals surface area contributed by atoms with E-state index in [1.54, 1.807) is 0 Å². The number of ketones is 1. The maximum Gasteiger partial charge on any atom is 0.234 e. The van der Waals surface area contributed by atoms with Crippen LogP contribution in [-0.2, 0) is 9.53 Å². The van der Waals surface area contributed by atoms with Crippen LogP contribution < -0.4 is 5.32 Å². The van der Waals surface area contributed by atoms with Crippen LogP contribution in [-0.4, -0.2) is 79.5 Å². The first-order valence-electron chi connectivity index (χ1n) is 10.4. The number of carbonyl (C=O) groups is 2. The molecule has 154 valence electrons. The minimum Gasteiger partial charge on any atom is -0.379 e. The lowest BCUT2D eigenvalue weighted by Crippen LogP contribution is -2.56. The lowest BCUT2D eigenvalue weighted by Gasteiger charge is -2.41. The van der Waals surface area contributed by atoms with Gasteiger partial charge in [-0.1, -0.05) is 30.3 Å². The minimum absolute atomic E-state index is 0.0640. The SMILES string of the molecule is CC(C)(CNC(=O)CN1CCC(C(=O)c2ccccc2)CC1)N1CCOCC1. The van der Waals surface area contributed by atoms with Gasteiger partial charge in [0.1, 0.15) is 0 Å². The first-order chi connectivity index (χ1) is 13.5. The molecule has 0 aromatic heterocycles. The molecule has 2 fully saturated rings. The van der Waals surface area contributed by atoms with Crippen LogP contribution in [0.25, 0.3) is 0 Å². The number of amides is 1. The van der Waals surface area contributed by atoms with E-state index in [9.17, 15) is 9.59 Å². The molecule has 1 N–H and O–H groups in total. The van der Waals surface area contributed by atoms with Gasteiger partial charge in [0.05, 0.1) is 19.8 Å². The van der Waals surface area contributed by atoms with Crippen LogP contribution in [0.1, 0.15) is 37.0 Å². The molecular formula is C22H33N3O3. The summed E-state index contributed by atoms with van der Waals surface area (Å²) in [6, 6.07) is 9.52. The summed E-state index contributed by atoms with van der Waals surface area (Å²) in [5.74, 6) is 0.369. The van der Waals surface area contributed by atoms with Gasteiger partial charge in [-0.3, -0.25) is 19.4 Å². The van der Waals surface area contributed by atoms with E-state index in [1.165, 1.54) is 0 Å². The van der Waals surface area contributed by atoms with Crippen LogP contribution in [0, 0.1) is 5.92 Å². The van der Waals surface area contributed by atoms with Crippen molar-refractivity contribution in [3.05, 3.63) is 35.9 Å². The van der Waals surface area contributed by atoms with Crippen molar-refractivity contribution in [3.63, 3.8) is 0 Å². The number of Topliss-reactive ketones (excluding diaryl/α,β-unsaturated/α-hetero) is 1. The predicted molar refractivity (Wildman–Crippen MR) is 109 cm³/mol. The number of nitrogens with one attached hydrogen (secondary N) is 1. The zero-order valence-corrected chi connectivity index (χ0v) is 17.2. The van der Waals surface area contributed by atoms with Crippen molar-refractivity contribution in [3.8, 4) is 0 Å². The monoisotopic (exact) mass is 387 g/mol. The minimum atomic E-state index is -0.0749. The molecule has 0 unspecified atom stereocenters. The second-order valence-electron chi connectivity index (χ2n) is 8.47. The third-order valence-corrected chi connectivity index (χ3v) is 5.97. The number of hydrogen-bond donors (Lipinski definition) is 1. The highest BCUT2D eigenvalue weighted by Gasteiger charge is 2.30. The third kappa shape index (κ3) is 5.63. The number of likely N-dealkylation sites (tertiary alicyclic amines) is 1. The molecule has 28 heavy (non-hydrogen) atoms. The average Bonchev–Trinajstić information content (AvgIpc) is 2.74. The molecule has 0 aliphatic carbocycles. The Morgan fingerprint density at radius 1 is 1.07 bits per heavy atom. The lowest BCUT2D eigenvalue weighted by atomic mass is 9.89. The Hall–Kier alpha value is -1.76. The van der Waals surface area contributed by atoms with Gasteiger partial charge in [-0.25, -0.2) is 0 Å². The molecule has 0 radical (unpaired) electrons. The van der Waals surface area contributed by atoms with Crippen molar-refractivity contribution in [1.29, 1.82) is 0 Å². The molecule has 1 amide bonds. The maximum atomic E-state index is 12.6. The quantitative estimate of drug-likeness (QED) is 0.723. The van der Waals surface area contributed by atoms with E-state index in [0.717, 1.165) is 57.8 Å². The zero-order chi connectivity index (χ0) is 20.0. The van der Waals surface area contributed by atoms with Gasteiger partial charge in [-0.15, -0.1) is 0 Å². The maximum absolute atomic E-state index is 12.6. The van der Waals surface area contributed by atoms with E-state index in [-0.39, 0.29) is 23.1 Å². The molecule has 3 rings (SSSR count).